The second-order valence-corrected chi connectivity index (χ2v) is 6.58. The zero-order valence-electron chi connectivity index (χ0n) is 13.5. The average Bonchev–Trinajstić information content (AvgIpc) is 3.16. The highest BCUT2D eigenvalue weighted by atomic mass is 32.1. The van der Waals surface area contributed by atoms with E-state index in [9.17, 15) is 4.79 Å². The van der Waals surface area contributed by atoms with E-state index in [2.05, 4.69) is 38.0 Å². The van der Waals surface area contributed by atoms with Crippen molar-refractivity contribution in [3.63, 3.8) is 0 Å². The Balaban J connectivity index is 1.52. The second kappa shape index (κ2) is 8.77. The largest absolute Gasteiger partial charge is 0.379 e. The van der Waals surface area contributed by atoms with Crippen LogP contribution in [0.5, 0.6) is 0 Å². The van der Waals surface area contributed by atoms with Crippen LogP contribution in [0.2, 0.25) is 0 Å². The van der Waals surface area contributed by atoms with E-state index in [-0.39, 0.29) is 12.1 Å². The highest BCUT2D eigenvalue weighted by Crippen LogP contribution is 2.25. The van der Waals surface area contributed by atoms with Crippen molar-refractivity contribution in [1.82, 2.24) is 20.5 Å². The molecule has 128 valence electrons. The van der Waals surface area contributed by atoms with Crippen LogP contribution >= 0.6 is 11.3 Å². The number of morpholine rings is 1. The molecular weight excluding hydrogens is 324 g/mol. The highest BCUT2D eigenvalue weighted by Gasteiger charge is 2.23. The van der Waals surface area contributed by atoms with E-state index in [4.69, 9.17) is 4.74 Å². The van der Waals surface area contributed by atoms with Gasteiger partial charge in [-0.15, -0.1) is 11.3 Å². The maximum Gasteiger partial charge on any atom is 0.315 e. The molecule has 0 radical (unpaired) electrons. The van der Waals surface area contributed by atoms with Crippen LogP contribution in [0, 0.1) is 0 Å². The molecule has 3 rings (SSSR count). The Morgan fingerprint density at radius 3 is 2.88 bits per heavy atom. The molecule has 0 aromatic carbocycles. The summed E-state index contributed by atoms with van der Waals surface area (Å²) in [6.45, 7) is 4.33. The molecule has 1 aliphatic heterocycles. The van der Waals surface area contributed by atoms with Crippen LogP contribution in [-0.2, 0) is 11.3 Å². The summed E-state index contributed by atoms with van der Waals surface area (Å²) in [4.78, 5) is 19.8. The molecular formula is C17H22N4O2S. The molecule has 0 saturated carbocycles. The van der Waals surface area contributed by atoms with Crippen molar-refractivity contribution in [1.29, 1.82) is 0 Å². The van der Waals surface area contributed by atoms with E-state index in [1.807, 2.05) is 12.1 Å². The van der Waals surface area contributed by atoms with Gasteiger partial charge in [0.15, 0.2) is 0 Å². The van der Waals surface area contributed by atoms with Gasteiger partial charge in [-0.2, -0.15) is 0 Å². The van der Waals surface area contributed by atoms with Crippen LogP contribution in [-0.4, -0.2) is 48.8 Å². The molecule has 0 bridgehead atoms. The zero-order valence-corrected chi connectivity index (χ0v) is 14.3. The molecule has 0 spiro atoms. The van der Waals surface area contributed by atoms with E-state index < -0.39 is 0 Å². The number of amides is 2. The van der Waals surface area contributed by atoms with Crippen LogP contribution in [0.15, 0.2) is 42.0 Å². The maximum absolute atomic E-state index is 12.1. The van der Waals surface area contributed by atoms with Crippen molar-refractivity contribution >= 4 is 17.4 Å². The standard InChI is InChI=1S/C17H22N4O2S/c22-17(19-12-14-3-1-5-18-11-14)20-13-15(16-4-2-10-24-16)21-6-8-23-9-7-21/h1-5,10-11,15H,6-9,12-13H2,(H2,19,20,22)/t15-/m1/s1. The van der Waals surface area contributed by atoms with Crippen LogP contribution in [0.4, 0.5) is 4.79 Å². The van der Waals surface area contributed by atoms with Crippen molar-refractivity contribution in [2.45, 2.75) is 12.6 Å². The summed E-state index contributed by atoms with van der Waals surface area (Å²) in [5.41, 5.74) is 0.982. The Morgan fingerprint density at radius 1 is 1.29 bits per heavy atom. The number of rotatable bonds is 6. The third-order valence-corrected chi connectivity index (χ3v) is 4.96. The number of urea groups is 1. The number of carbonyl (C=O) groups is 1. The number of thiophene rings is 1. The molecule has 2 aromatic rings. The molecule has 0 unspecified atom stereocenters. The van der Waals surface area contributed by atoms with Gasteiger partial charge in [-0.25, -0.2) is 4.79 Å². The number of aromatic nitrogens is 1. The van der Waals surface area contributed by atoms with Crippen LogP contribution in [0.25, 0.3) is 0 Å². The number of pyridine rings is 1. The summed E-state index contributed by atoms with van der Waals surface area (Å²) in [7, 11) is 0. The van der Waals surface area contributed by atoms with Gasteiger partial charge in [0, 0.05) is 43.4 Å². The molecule has 2 amide bonds. The first-order chi connectivity index (χ1) is 11.8. The highest BCUT2D eigenvalue weighted by molar-refractivity contribution is 7.10. The molecule has 0 aliphatic carbocycles. The molecule has 2 N–H and O–H groups in total. The predicted octanol–water partition coefficient (Wildman–Crippen LogP) is 2.02. The van der Waals surface area contributed by atoms with Gasteiger partial charge in [0.05, 0.1) is 19.3 Å². The Kier molecular flexibility index (Phi) is 6.17. The number of hydrogen-bond acceptors (Lipinski definition) is 5. The third kappa shape index (κ3) is 4.77. The average molecular weight is 346 g/mol. The van der Waals surface area contributed by atoms with Crippen LogP contribution in [0.1, 0.15) is 16.5 Å². The summed E-state index contributed by atoms with van der Waals surface area (Å²) in [6, 6.07) is 8.01. The minimum absolute atomic E-state index is 0.159. The van der Waals surface area contributed by atoms with E-state index in [1.54, 1.807) is 23.7 Å². The van der Waals surface area contributed by atoms with Gasteiger partial charge in [0.1, 0.15) is 0 Å². The fourth-order valence-electron chi connectivity index (χ4n) is 2.72. The molecule has 3 heterocycles. The fraction of sp³-hybridized carbons (Fsp3) is 0.412. The third-order valence-electron chi connectivity index (χ3n) is 3.99. The van der Waals surface area contributed by atoms with Gasteiger partial charge in [-0.3, -0.25) is 9.88 Å². The van der Waals surface area contributed by atoms with Gasteiger partial charge in [-0.05, 0) is 23.1 Å². The molecule has 2 aromatic heterocycles. The summed E-state index contributed by atoms with van der Waals surface area (Å²) in [6.07, 6.45) is 3.47. The number of nitrogens with zero attached hydrogens (tertiary/aromatic N) is 2. The van der Waals surface area contributed by atoms with Crippen molar-refractivity contribution in [3.8, 4) is 0 Å². The SMILES string of the molecule is O=C(NCc1cccnc1)NC[C@H](c1cccs1)N1CCOCC1. The maximum atomic E-state index is 12.1. The molecule has 24 heavy (non-hydrogen) atoms. The number of hydrogen-bond donors (Lipinski definition) is 2. The lowest BCUT2D eigenvalue weighted by atomic mass is 10.2. The van der Waals surface area contributed by atoms with Gasteiger partial charge >= 0.3 is 6.03 Å². The summed E-state index contributed by atoms with van der Waals surface area (Å²) in [5.74, 6) is 0. The minimum atomic E-state index is -0.159. The van der Waals surface area contributed by atoms with Crippen LogP contribution in [0.3, 0.4) is 0 Å². The summed E-state index contributed by atoms with van der Waals surface area (Å²) < 4.78 is 5.44. The summed E-state index contributed by atoms with van der Waals surface area (Å²) >= 11 is 1.72. The van der Waals surface area contributed by atoms with Gasteiger partial charge in [0.2, 0.25) is 0 Å². The predicted molar refractivity (Wildman–Crippen MR) is 93.9 cm³/mol. The molecule has 7 heteroatoms. The fourth-order valence-corrected chi connectivity index (χ4v) is 3.58. The Labute approximate surface area is 145 Å². The molecule has 1 aliphatic rings. The lowest BCUT2D eigenvalue weighted by Gasteiger charge is -2.34. The normalized spacial score (nSPS) is 16.5. The summed E-state index contributed by atoms with van der Waals surface area (Å²) in [5, 5.41) is 7.94. The molecule has 1 fully saturated rings. The van der Waals surface area contributed by atoms with E-state index in [0.29, 0.717) is 13.1 Å². The Morgan fingerprint density at radius 2 is 2.17 bits per heavy atom. The Bertz CT molecular complexity index is 615. The van der Waals surface area contributed by atoms with E-state index >= 15 is 0 Å². The lowest BCUT2D eigenvalue weighted by molar-refractivity contribution is 0.0174. The van der Waals surface area contributed by atoms with Crippen LogP contribution < -0.4 is 10.6 Å². The number of ether oxygens (including phenoxy) is 1. The number of carbonyl (C=O) groups excluding carboxylic acids is 1. The van der Waals surface area contributed by atoms with Gasteiger partial charge in [-0.1, -0.05) is 12.1 Å². The van der Waals surface area contributed by atoms with E-state index in [1.165, 1.54) is 4.88 Å². The first kappa shape index (κ1) is 16.9. The van der Waals surface area contributed by atoms with Gasteiger partial charge in [0.25, 0.3) is 0 Å². The molecule has 1 atom stereocenters. The number of nitrogens with one attached hydrogen (secondary N) is 2. The first-order valence-electron chi connectivity index (χ1n) is 8.09. The van der Waals surface area contributed by atoms with Crippen molar-refractivity contribution in [3.05, 3.63) is 52.5 Å². The quantitative estimate of drug-likeness (QED) is 0.840. The van der Waals surface area contributed by atoms with Gasteiger partial charge < -0.3 is 15.4 Å². The molecule has 6 nitrogen and oxygen atoms in total. The molecule has 1 saturated heterocycles. The van der Waals surface area contributed by atoms with E-state index in [0.717, 1.165) is 31.9 Å². The first-order valence-corrected chi connectivity index (χ1v) is 8.96. The topological polar surface area (TPSA) is 66.5 Å². The monoisotopic (exact) mass is 346 g/mol. The Hall–Kier alpha value is -1.96. The van der Waals surface area contributed by atoms with Crippen molar-refractivity contribution in [2.24, 2.45) is 0 Å². The smallest absolute Gasteiger partial charge is 0.315 e. The van der Waals surface area contributed by atoms with Crippen molar-refractivity contribution in [2.75, 3.05) is 32.8 Å². The minimum Gasteiger partial charge on any atom is -0.379 e. The van der Waals surface area contributed by atoms with Crippen molar-refractivity contribution < 1.29 is 9.53 Å². The zero-order chi connectivity index (χ0) is 16.6. The second-order valence-electron chi connectivity index (χ2n) is 5.60. The lowest BCUT2D eigenvalue weighted by Crippen LogP contribution is -2.45.